The summed E-state index contributed by atoms with van der Waals surface area (Å²) in [6, 6.07) is 5.53. The number of halogens is 1. The molecule has 0 amide bonds. The van der Waals surface area contributed by atoms with Crippen molar-refractivity contribution in [2.45, 2.75) is 38.2 Å². The Hall–Kier alpha value is -0.730. The van der Waals surface area contributed by atoms with E-state index in [1.807, 2.05) is 12.1 Å². The van der Waals surface area contributed by atoms with E-state index in [4.69, 9.17) is 16.3 Å². The van der Waals surface area contributed by atoms with Crippen molar-refractivity contribution in [1.29, 1.82) is 0 Å². The largest absolute Gasteiger partial charge is 0.497 e. The smallest absolute Gasteiger partial charge is 0.120 e. The van der Waals surface area contributed by atoms with Crippen LogP contribution in [0.1, 0.15) is 43.8 Å². The predicted octanol–water partition coefficient (Wildman–Crippen LogP) is 4.21. The maximum atomic E-state index is 10.4. The molecule has 19 heavy (non-hydrogen) atoms. The van der Waals surface area contributed by atoms with Crippen molar-refractivity contribution in [3.8, 4) is 5.75 Å². The zero-order chi connectivity index (χ0) is 13.4. The predicted molar refractivity (Wildman–Crippen MR) is 76.5 cm³/mol. The second kappa shape index (κ2) is 5.34. The number of fused-ring (bicyclic) bond motifs is 2. The zero-order valence-electron chi connectivity index (χ0n) is 11.3. The van der Waals surface area contributed by atoms with Gasteiger partial charge in [-0.05, 0) is 61.1 Å². The van der Waals surface area contributed by atoms with Crippen LogP contribution in [0.3, 0.4) is 0 Å². The summed E-state index contributed by atoms with van der Waals surface area (Å²) in [5.41, 5.74) is 0.838. The maximum Gasteiger partial charge on any atom is 0.120 e. The molecular weight excluding hydrogens is 260 g/mol. The third kappa shape index (κ3) is 2.61. The summed E-state index contributed by atoms with van der Waals surface area (Å²) in [4.78, 5) is 0. The molecule has 3 heteroatoms. The number of rotatable bonds is 4. The molecule has 0 saturated heterocycles. The molecule has 0 spiro atoms. The first kappa shape index (κ1) is 13.3. The summed E-state index contributed by atoms with van der Waals surface area (Å²) in [5.74, 6) is 3.19. The Morgan fingerprint density at radius 3 is 2.79 bits per heavy atom. The average molecular weight is 281 g/mol. The Balaban J connectivity index is 1.68. The number of aliphatic hydroxyl groups is 1. The summed E-state index contributed by atoms with van der Waals surface area (Å²) in [6.07, 6.45) is 5.86. The highest BCUT2D eigenvalue weighted by molar-refractivity contribution is 6.31. The molecule has 0 aliphatic heterocycles. The third-order valence-corrected chi connectivity index (χ3v) is 5.30. The normalized spacial score (nSPS) is 30.6. The minimum absolute atomic E-state index is 0.442. The molecular formula is C16H21ClO2. The molecule has 2 fully saturated rings. The molecule has 104 valence electrons. The molecule has 4 unspecified atom stereocenters. The third-order valence-electron chi connectivity index (χ3n) is 4.98. The van der Waals surface area contributed by atoms with Crippen LogP contribution in [-0.4, -0.2) is 12.2 Å². The van der Waals surface area contributed by atoms with Gasteiger partial charge in [0, 0.05) is 0 Å². The molecule has 0 aromatic heterocycles. The molecule has 2 saturated carbocycles. The lowest BCUT2D eigenvalue weighted by Gasteiger charge is -2.24. The topological polar surface area (TPSA) is 29.5 Å². The summed E-state index contributed by atoms with van der Waals surface area (Å²) < 4.78 is 5.14. The van der Waals surface area contributed by atoms with Gasteiger partial charge in [0.15, 0.2) is 0 Å². The van der Waals surface area contributed by atoms with E-state index >= 15 is 0 Å². The van der Waals surface area contributed by atoms with Crippen molar-refractivity contribution in [1.82, 2.24) is 0 Å². The lowest BCUT2D eigenvalue weighted by atomic mass is 9.83. The summed E-state index contributed by atoms with van der Waals surface area (Å²) in [7, 11) is 1.62. The van der Waals surface area contributed by atoms with Crippen molar-refractivity contribution in [2.24, 2.45) is 17.8 Å². The van der Waals surface area contributed by atoms with Gasteiger partial charge in [0.2, 0.25) is 0 Å². The quantitative estimate of drug-likeness (QED) is 0.895. The Morgan fingerprint density at radius 2 is 2.21 bits per heavy atom. The van der Waals surface area contributed by atoms with Crippen LogP contribution < -0.4 is 4.74 Å². The molecule has 1 N–H and O–H groups in total. The summed E-state index contributed by atoms with van der Waals surface area (Å²) in [6.45, 7) is 0. The van der Waals surface area contributed by atoms with Gasteiger partial charge in [-0.2, -0.15) is 0 Å². The fraction of sp³-hybridized carbons (Fsp3) is 0.625. The first-order valence-corrected chi connectivity index (χ1v) is 7.56. The molecule has 1 aromatic carbocycles. The summed E-state index contributed by atoms with van der Waals surface area (Å²) in [5, 5.41) is 11.0. The van der Waals surface area contributed by atoms with E-state index in [2.05, 4.69) is 0 Å². The fourth-order valence-corrected chi connectivity index (χ4v) is 4.28. The monoisotopic (exact) mass is 280 g/mol. The van der Waals surface area contributed by atoms with E-state index in [-0.39, 0.29) is 0 Å². The number of ether oxygens (including phenoxy) is 1. The van der Waals surface area contributed by atoms with Crippen LogP contribution in [0.4, 0.5) is 0 Å². The standard InChI is InChI=1S/C16H21ClO2/c1-19-13-4-5-14(15(17)9-13)16(18)8-12-7-10-2-3-11(12)6-10/h4-5,9-12,16,18H,2-3,6-8H2,1H3. The first-order chi connectivity index (χ1) is 9.17. The molecule has 2 bridgehead atoms. The molecule has 0 radical (unpaired) electrons. The highest BCUT2D eigenvalue weighted by Gasteiger charge is 2.40. The Morgan fingerprint density at radius 1 is 1.37 bits per heavy atom. The molecule has 1 aromatic rings. The van der Waals surface area contributed by atoms with Gasteiger partial charge < -0.3 is 9.84 Å². The Labute approximate surface area is 119 Å². The highest BCUT2D eigenvalue weighted by atomic mass is 35.5. The van der Waals surface area contributed by atoms with Crippen molar-refractivity contribution in [2.75, 3.05) is 7.11 Å². The van der Waals surface area contributed by atoms with Crippen LogP contribution in [0.5, 0.6) is 5.75 Å². The molecule has 2 aliphatic rings. The van der Waals surface area contributed by atoms with E-state index in [1.54, 1.807) is 13.2 Å². The number of hydrogen-bond donors (Lipinski definition) is 1. The van der Waals surface area contributed by atoms with Crippen molar-refractivity contribution in [3.05, 3.63) is 28.8 Å². The SMILES string of the molecule is COc1ccc(C(O)CC2CC3CCC2C3)c(Cl)c1. The number of benzene rings is 1. The number of hydrogen-bond acceptors (Lipinski definition) is 2. The number of methoxy groups -OCH3 is 1. The van der Waals surface area contributed by atoms with Crippen LogP contribution >= 0.6 is 11.6 Å². The van der Waals surface area contributed by atoms with Gasteiger partial charge in [-0.15, -0.1) is 0 Å². The van der Waals surface area contributed by atoms with E-state index < -0.39 is 6.10 Å². The van der Waals surface area contributed by atoms with Gasteiger partial charge in [0.05, 0.1) is 18.2 Å². The minimum atomic E-state index is -0.442. The lowest BCUT2D eigenvalue weighted by Crippen LogP contribution is -2.14. The van der Waals surface area contributed by atoms with Crippen LogP contribution in [0.25, 0.3) is 0 Å². The van der Waals surface area contributed by atoms with E-state index in [1.165, 1.54) is 25.7 Å². The maximum absolute atomic E-state index is 10.4. The van der Waals surface area contributed by atoms with Gasteiger partial charge in [-0.3, -0.25) is 0 Å². The van der Waals surface area contributed by atoms with Crippen LogP contribution in [0.2, 0.25) is 5.02 Å². The van der Waals surface area contributed by atoms with Crippen LogP contribution in [-0.2, 0) is 0 Å². The van der Waals surface area contributed by atoms with Gasteiger partial charge in [-0.25, -0.2) is 0 Å². The van der Waals surface area contributed by atoms with Gasteiger partial charge in [0.1, 0.15) is 5.75 Å². The lowest BCUT2D eigenvalue weighted by molar-refractivity contribution is 0.125. The van der Waals surface area contributed by atoms with Gasteiger partial charge in [-0.1, -0.05) is 24.1 Å². The van der Waals surface area contributed by atoms with Crippen molar-refractivity contribution >= 4 is 11.6 Å². The van der Waals surface area contributed by atoms with E-state index in [0.29, 0.717) is 10.9 Å². The van der Waals surface area contributed by atoms with Crippen molar-refractivity contribution < 1.29 is 9.84 Å². The van der Waals surface area contributed by atoms with Gasteiger partial charge in [0.25, 0.3) is 0 Å². The number of aliphatic hydroxyl groups excluding tert-OH is 1. The van der Waals surface area contributed by atoms with Crippen LogP contribution in [0, 0.1) is 17.8 Å². The Bertz CT molecular complexity index is 460. The van der Waals surface area contributed by atoms with Gasteiger partial charge >= 0.3 is 0 Å². The average Bonchev–Trinajstić information content (AvgIpc) is 3.00. The zero-order valence-corrected chi connectivity index (χ0v) is 12.1. The fourth-order valence-electron chi connectivity index (χ4n) is 3.98. The summed E-state index contributed by atoms with van der Waals surface area (Å²) >= 11 is 6.23. The Kier molecular flexibility index (Phi) is 3.72. The van der Waals surface area contributed by atoms with E-state index in [0.717, 1.165) is 29.6 Å². The second-order valence-electron chi connectivity index (χ2n) is 6.07. The molecule has 0 heterocycles. The molecule has 2 nitrogen and oxygen atoms in total. The molecule has 3 rings (SSSR count). The molecule has 4 atom stereocenters. The first-order valence-electron chi connectivity index (χ1n) is 7.19. The van der Waals surface area contributed by atoms with Crippen molar-refractivity contribution in [3.63, 3.8) is 0 Å². The second-order valence-corrected chi connectivity index (χ2v) is 6.48. The minimum Gasteiger partial charge on any atom is -0.497 e. The van der Waals surface area contributed by atoms with E-state index in [9.17, 15) is 5.11 Å². The van der Waals surface area contributed by atoms with Crippen LogP contribution in [0.15, 0.2) is 18.2 Å². The highest BCUT2D eigenvalue weighted by Crippen LogP contribution is 2.51. The molecule has 2 aliphatic carbocycles.